The third-order valence-electron chi connectivity index (χ3n) is 4.44. The molecule has 2 heterocycles. The lowest BCUT2D eigenvalue weighted by molar-refractivity contribution is 0.101. The third-order valence-corrected chi connectivity index (χ3v) is 6.38. The molecule has 1 aromatic heterocycles. The molecule has 3 N–H and O–H groups in total. The fraction of sp³-hybridized carbons (Fsp3) is 0.294. The summed E-state index contributed by atoms with van der Waals surface area (Å²) in [6.45, 7) is 1.46. The number of hydrogen-bond donors (Lipinski definition) is 2. The first kappa shape index (κ1) is 20.5. The van der Waals surface area contributed by atoms with Crippen molar-refractivity contribution in [1.29, 1.82) is 0 Å². The number of aliphatic imine (C=N–C) groups is 1. The number of halogens is 1. The summed E-state index contributed by atoms with van der Waals surface area (Å²) < 4.78 is 45.0. The molecule has 12 heteroatoms. The number of ether oxygens (including phenoxy) is 1. The van der Waals surface area contributed by atoms with Gasteiger partial charge in [0.25, 0.3) is 5.91 Å². The fourth-order valence-corrected chi connectivity index (χ4v) is 4.28. The molecule has 1 aliphatic heterocycles. The minimum atomic E-state index is -3.78. The Kier molecular flexibility index (Phi) is 5.13. The predicted octanol–water partition coefficient (Wildman–Crippen LogP) is 0.682. The lowest BCUT2D eigenvalue weighted by atomic mass is 9.93. The molecule has 2 aromatic rings. The van der Waals surface area contributed by atoms with Gasteiger partial charge in [-0.05, 0) is 25.1 Å². The molecule has 3 rings (SSSR count). The lowest BCUT2D eigenvalue weighted by Crippen LogP contribution is -2.50. The van der Waals surface area contributed by atoms with E-state index in [-0.39, 0.29) is 23.0 Å². The summed E-state index contributed by atoms with van der Waals surface area (Å²) in [4.78, 5) is 24.3. The monoisotopic (exact) mass is 422 g/mol. The van der Waals surface area contributed by atoms with Crippen molar-refractivity contribution in [2.75, 3.05) is 25.2 Å². The van der Waals surface area contributed by atoms with Gasteiger partial charge in [0, 0.05) is 18.3 Å². The maximum absolute atomic E-state index is 14.5. The van der Waals surface area contributed by atoms with Crippen molar-refractivity contribution in [3.05, 3.63) is 47.8 Å². The van der Waals surface area contributed by atoms with Gasteiger partial charge in [0.15, 0.2) is 5.75 Å². The Morgan fingerprint density at radius 3 is 2.59 bits per heavy atom. The summed E-state index contributed by atoms with van der Waals surface area (Å²) in [5.41, 5.74) is 4.45. The van der Waals surface area contributed by atoms with Crippen LogP contribution in [-0.2, 0) is 15.6 Å². The minimum Gasteiger partial charge on any atom is -0.494 e. The van der Waals surface area contributed by atoms with E-state index in [1.54, 1.807) is 0 Å². The summed E-state index contributed by atoms with van der Waals surface area (Å²) in [5.74, 6) is -1.77. The van der Waals surface area contributed by atoms with Gasteiger partial charge < -0.3 is 15.8 Å². The van der Waals surface area contributed by atoms with Gasteiger partial charge in [0.2, 0.25) is 21.8 Å². The van der Waals surface area contributed by atoms with Crippen LogP contribution in [0.1, 0.15) is 23.1 Å². The molecule has 0 unspecified atom stereocenters. The van der Waals surface area contributed by atoms with E-state index < -0.39 is 33.0 Å². The van der Waals surface area contributed by atoms with Crippen LogP contribution in [0.2, 0.25) is 0 Å². The number of anilines is 1. The Morgan fingerprint density at radius 1 is 1.34 bits per heavy atom. The summed E-state index contributed by atoms with van der Waals surface area (Å²) in [6.07, 6.45) is 2.67. The number of nitrogens with two attached hydrogens (primary N) is 1. The van der Waals surface area contributed by atoms with Gasteiger partial charge in [-0.15, -0.1) is 0 Å². The summed E-state index contributed by atoms with van der Waals surface area (Å²) in [6, 6.07) is 3.76. The number of nitrogens with zero attached hydrogens (tertiary/aromatic N) is 4. The fourth-order valence-electron chi connectivity index (χ4n) is 2.83. The quantitative estimate of drug-likeness (QED) is 0.738. The number of methoxy groups -OCH3 is 1. The van der Waals surface area contributed by atoms with E-state index in [9.17, 15) is 17.6 Å². The molecule has 1 aromatic carbocycles. The Bertz CT molecular complexity index is 1090. The first-order chi connectivity index (χ1) is 13.6. The zero-order chi connectivity index (χ0) is 21.4. The predicted molar refractivity (Wildman–Crippen MR) is 103 cm³/mol. The van der Waals surface area contributed by atoms with Crippen LogP contribution < -0.4 is 15.8 Å². The number of carbonyl (C=O) groups is 1. The van der Waals surface area contributed by atoms with E-state index in [2.05, 4.69) is 20.3 Å². The number of sulfonamides is 1. The van der Waals surface area contributed by atoms with Crippen molar-refractivity contribution >= 4 is 27.6 Å². The number of hydrogen-bond acceptors (Lipinski definition) is 8. The van der Waals surface area contributed by atoms with E-state index in [0.717, 1.165) is 10.4 Å². The molecule has 0 radical (unpaired) electrons. The Morgan fingerprint density at radius 2 is 2.00 bits per heavy atom. The topological polar surface area (TPSA) is 140 Å². The highest BCUT2D eigenvalue weighted by Crippen LogP contribution is 2.34. The van der Waals surface area contributed by atoms with Crippen LogP contribution in [0.25, 0.3) is 0 Å². The second-order valence-electron chi connectivity index (χ2n) is 6.56. The summed E-state index contributed by atoms with van der Waals surface area (Å²) >= 11 is 0. The molecule has 0 saturated heterocycles. The van der Waals surface area contributed by atoms with E-state index in [0.29, 0.717) is 5.75 Å². The molecule has 0 aliphatic carbocycles. The number of aromatic nitrogens is 2. The van der Waals surface area contributed by atoms with E-state index in [4.69, 9.17) is 10.5 Å². The molecule has 10 nitrogen and oxygen atoms in total. The molecule has 0 fully saturated rings. The SMILES string of the molecule is COc1cnc(C(=O)Nc2ccc(F)c([C@]3(C)CS(=O)(=O)N(C)C(N)=N3)c2)nc1. The average molecular weight is 422 g/mol. The first-order valence-corrected chi connectivity index (χ1v) is 9.96. The number of carbonyl (C=O) groups excluding carboxylic acids is 1. The Labute approximate surface area is 166 Å². The van der Waals surface area contributed by atoms with E-state index >= 15 is 0 Å². The number of amides is 1. The molecule has 1 atom stereocenters. The highest BCUT2D eigenvalue weighted by Gasteiger charge is 2.41. The van der Waals surface area contributed by atoms with Crippen LogP contribution in [0.5, 0.6) is 5.75 Å². The maximum Gasteiger partial charge on any atom is 0.293 e. The second kappa shape index (κ2) is 7.28. The van der Waals surface area contributed by atoms with Crippen molar-refractivity contribution in [3.8, 4) is 5.75 Å². The van der Waals surface area contributed by atoms with E-state index in [1.165, 1.54) is 45.6 Å². The van der Waals surface area contributed by atoms with Crippen LogP contribution in [0.15, 0.2) is 35.6 Å². The summed E-state index contributed by atoms with van der Waals surface area (Å²) in [5, 5.41) is 2.55. The van der Waals surface area contributed by atoms with E-state index in [1.807, 2.05) is 0 Å². The Hall–Kier alpha value is -3.28. The van der Waals surface area contributed by atoms with Gasteiger partial charge in [0.05, 0.1) is 25.3 Å². The number of guanidine groups is 1. The van der Waals surface area contributed by atoms with Gasteiger partial charge in [0.1, 0.15) is 11.4 Å². The molecule has 29 heavy (non-hydrogen) atoms. The standard InChI is InChI=1S/C17H19FN6O4S/c1-17(9-29(26,27)24(2)16(19)23-17)12-6-10(4-5-13(12)18)22-15(25)14-20-7-11(28-3)8-21-14/h4-8H,9H2,1-3H3,(H2,19,23)(H,22,25)/t17-/m0/s1. The van der Waals surface area contributed by atoms with Gasteiger partial charge >= 0.3 is 0 Å². The van der Waals surface area contributed by atoms with Crippen molar-refractivity contribution in [2.45, 2.75) is 12.5 Å². The van der Waals surface area contributed by atoms with Crippen LogP contribution in [-0.4, -0.2) is 54.5 Å². The molecule has 154 valence electrons. The van der Waals surface area contributed by atoms with Crippen LogP contribution in [0.4, 0.5) is 10.1 Å². The maximum atomic E-state index is 14.5. The van der Waals surface area contributed by atoms with Gasteiger partial charge in [-0.1, -0.05) is 0 Å². The molecular formula is C17H19FN6O4S. The number of rotatable bonds is 4. The van der Waals surface area contributed by atoms with Crippen LogP contribution in [0, 0.1) is 5.82 Å². The summed E-state index contributed by atoms with van der Waals surface area (Å²) in [7, 11) is -1.06. The largest absolute Gasteiger partial charge is 0.494 e. The van der Waals surface area contributed by atoms with Crippen molar-refractivity contribution in [1.82, 2.24) is 14.3 Å². The normalized spacial score (nSPS) is 20.7. The highest BCUT2D eigenvalue weighted by atomic mass is 32.2. The zero-order valence-corrected chi connectivity index (χ0v) is 16.7. The molecular weight excluding hydrogens is 403 g/mol. The smallest absolute Gasteiger partial charge is 0.293 e. The lowest BCUT2D eigenvalue weighted by Gasteiger charge is -2.34. The van der Waals surface area contributed by atoms with Crippen molar-refractivity contribution in [2.24, 2.45) is 10.7 Å². The number of benzene rings is 1. The molecule has 1 aliphatic rings. The van der Waals surface area contributed by atoms with Crippen molar-refractivity contribution < 1.29 is 22.3 Å². The molecule has 0 bridgehead atoms. The third kappa shape index (κ3) is 3.97. The second-order valence-corrected chi connectivity index (χ2v) is 8.56. The first-order valence-electron chi connectivity index (χ1n) is 8.35. The molecule has 0 saturated carbocycles. The number of nitrogens with one attached hydrogen (secondary N) is 1. The average Bonchev–Trinajstić information content (AvgIpc) is 2.67. The van der Waals surface area contributed by atoms with Gasteiger partial charge in [-0.3, -0.25) is 4.79 Å². The highest BCUT2D eigenvalue weighted by molar-refractivity contribution is 7.89. The molecule has 0 spiro atoms. The van der Waals surface area contributed by atoms with Gasteiger partial charge in [-0.2, -0.15) is 0 Å². The van der Waals surface area contributed by atoms with Gasteiger partial charge in [-0.25, -0.2) is 32.1 Å². The minimum absolute atomic E-state index is 0.0226. The van der Waals surface area contributed by atoms with Crippen LogP contribution >= 0.6 is 0 Å². The Balaban J connectivity index is 1.93. The van der Waals surface area contributed by atoms with Crippen LogP contribution in [0.3, 0.4) is 0 Å². The zero-order valence-electron chi connectivity index (χ0n) is 15.9. The van der Waals surface area contributed by atoms with Crippen molar-refractivity contribution in [3.63, 3.8) is 0 Å². The molecule has 1 amide bonds.